The van der Waals surface area contributed by atoms with Gasteiger partial charge < -0.3 is 0 Å². The third-order valence-corrected chi connectivity index (χ3v) is 6.45. The molecule has 1 fully saturated rings. The van der Waals surface area contributed by atoms with Gasteiger partial charge in [-0.05, 0) is 18.6 Å². The van der Waals surface area contributed by atoms with E-state index < -0.39 is 11.7 Å². The van der Waals surface area contributed by atoms with Crippen molar-refractivity contribution in [3.05, 3.63) is 35.4 Å². The Kier molecular flexibility index (Phi) is 5.07. The highest BCUT2D eigenvalue weighted by Gasteiger charge is 2.33. The number of hydrogen-bond donors (Lipinski definition) is 0. The Hall–Kier alpha value is -0.620. The molecular formula is C14H15F3OS2. The van der Waals surface area contributed by atoms with E-state index in [-0.39, 0.29) is 16.3 Å². The summed E-state index contributed by atoms with van der Waals surface area (Å²) in [7, 11) is 0. The lowest BCUT2D eigenvalue weighted by Gasteiger charge is -2.28. The summed E-state index contributed by atoms with van der Waals surface area (Å²) in [5, 5.41) is 0.110. The van der Waals surface area contributed by atoms with Crippen molar-refractivity contribution in [2.24, 2.45) is 0 Å². The van der Waals surface area contributed by atoms with Gasteiger partial charge in [-0.2, -0.15) is 24.9 Å². The Labute approximate surface area is 124 Å². The molecule has 1 aromatic rings. The summed E-state index contributed by atoms with van der Waals surface area (Å²) in [5.41, 5.74) is -0.344. The molecule has 0 bridgehead atoms. The molecule has 0 N–H and O–H groups in total. The zero-order valence-corrected chi connectivity index (χ0v) is 12.6. The molecule has 0 amide bonds. The van der Waals surface area contributed by atoms with Crippen molar-refractivity contribution in [3.8, 4) is 0 Å². The molecule has 1 saturated heterocycles. The Bertz CT molecular complexity index is 470. The SMILES string of the molecule is CCC1SCCSC1C(=O)c1ccc(C(F)(F)F)cc1. The van der Waals surface area contributed by atoms with Crippen LogP contribution in [0.5, 0.6) is 0 Å². The molecule has 0 aliphatic carbocycles. The van der Waals surface area contributed by atoms with Crippen molar-refractivity contribution < 1.29 is 18.0 Å². The van der Waals surface area contributed by atoms with Crippen molar-refractivity contribution in [3.63, 3.8) is 0 Å². The van der Waals surface area contributed by atoms with Crippen molar-refractivity contribution >= 4 is 29.3 Å². The lowest BCUT2D eigenvalue weighted by molar-refractivity contribution is -0.137. The highest BCUT2D eigenvalue weighted by atomic mass is 32.2. The van der Waals surface area contributed by atoms with Crippen LogP contribution >= 0.6 is 23.5 Å². The van der Waals surface area contributed by atoms with Gasteiger partial charge in [0.25, 0.3) is 0 Å². The molecule has 0 aromatic heterocycles. The minimum atomic E-state index is -4.36. The molecule has 20 heavy (non-hydrogen) atoms. The number of carbonyl (C=O) groups excluding carboxylic acids is 1. The number of thioether (sulfide) groups is 2. The van der Waals surface area contributed by atoms with E-state index in [1.54, 1.807) is 23.5 Å². The van der Waals surface area contributed by atoms with Crippen molar-refractivity contribution in [1.82, 2.24) is 0 Å². The molecule has 6 heteroatoms. The highest BCUT2D eigenvalue weighted by molar-refractivity contribution is 8.07. The largest absolute Gasteiger partial charge is 0.416 e. The van der Waals surface area contributed by atoms with E-state index >= 15 is 0 Å². The molecule has 1 aliphatic heterocycles. The van der Waals surface area contributed by atoms with Gasteiger partial charge in [0.1, 0.15) is 0 Å². The quantitative estimate of drug-likeness (QED) is 0.763. The summed E-state index contributed by atoms with van der Waals surface area (Å²) in [6.07, 6.45) is -3.46. The number of halogens is 3. The number of alkyl halides is 3. The average Bonchev–Trinajstić information content (AvgIpc) is 2.45. The standard InChI is InChI=1S/C14H15F3OS2/c1-2-11-13(20-8-7-19-11)12(18)9-3-5-10(6-4-9)14(15,16)17/h3-6,11,13H,2,7-8H2,1H3. The molecule has 1 nitrogen and oxygen atoms in total. The first-order valence-electron chi connectivity index (χ1n) is 6.38. The summed E-state index contributed by atoms with van der Waals surface area (Å²) in [4.78, 5) is 12.4. The summed E-state index contributed by atoms with van der Waals surface area (Å²) in [6.45, 7) is 2.04. The normalized spacial score (nSPS) is 23.6. The van der Waals surface area contributed by atoms with E-state index in [2.05, 4.69) is 0 Å². The van der Waals surface area contributed by atoms with Crippen molar-refractivity contribution in [1.29, 1.82) is 0 Å². The molecule has 2 unspecified atom stereocenters. The van der Waals surface area contributed by atoms with Gasteiger partial charge in [0.15, 0.2) is 5.78 Å². The van der Waals surface area contributed by atoms with Crippen molar-refractivity contribution in [2.75, 3.05) is 11.5 Å². The molecule has 2 rings (SSSR count). The van der Waals surface area contributed by atoms with E-state index in [1.165, 1.54) is 12.1 Å². The lowest BCUT2D eigenvalue weighted by atomic mass is 10.0. The fourth-order valence-electron chi connectivity index (χ4n) is 2.13. The van der Waals surface area contributed by atoms with E-state index in [0.717, 1.165) is 30.1 Å². The minimum Gasteiger partial charge on any atom is -0.293 e. The van der Waals surface area contributed by atoms with Gasteiger partial charge in [-0.1, -0.05) is 19.1 Å². The number of ketones is 1. The Morgan fingerprint density at radius 2 is 1.80 bits per heavy atom. The number of rotatable bonds is 3. The maximum atomic E-state index is 12.5. The molecule has 2 atom stereocenters. The van der Waals surface area contributed by atoms with E-state index in [0.29, 0.717) is 5.56 Å². The van der Waals surface area contributed by atoms with E-state index in [1.807, 2.05) is 6.92 Å². The second-order valence-electron chi connectivity index (χ2n) is 4.55. The third kappa shape index (κ3) is 3.52. The Morgan fingerprint density at radius 3 is 2.35 bits per heavy atom. The summed E-state index contributed by atoms with van der Waals surface area (Å²) in [5.74, 6) is 1.89. The molecular weight excluding hydrogens is 305 g/mol. The predicted octanol–water partition coefficient (Wildman–Crippen LogP) is 4.52. The summed E-state index contributed by atoms with van der Waals surface area (Å²) >= 11 is 3.40. The smallest absolute Gasteiger partial charge is 0.293 e. The Balaban J connectivity index is 2.16. The van der Waals surface area contributed by atoms with Gasteiger partial charge in [0.05, 0.1) is 10.8 Å². The van der Waals surface area contributed by atoms with Crippen LogP contribution in [0, 0.1) is 0 Å². The molecule has 0 spiro atoms. The molecule has 1 heterocycles. The van der Waals surface area contributed by atoms with Crippen LogP contribution in [0.1, 0.15) is 29.3 Å². The molecule has 0 saturated carbocycles. The lowest BCUT2D eigenvalue weighted by Crippen LogP contribution is -2.32. The second kappa shape index (κ2) is 6.43. The van der Waals surface area contributed by atoms with Gasteiger partial charge in [-0.3, -0.25) is 4.79 Å². The first-order valence-corrected chi connectivity index (χ1v) is 8.48. The van der Waals surface area contributed by atoms with Gasteiger partial charge >= 0.3 is 6.18 Å². The monoisotopic (exact) mass is 320 g/mol. The van der Waals surface area contributed by atoms with Gasteiger partial charge in [-0.25, -0.2) is 0 Å². The first-order chi connectivity index (χ1) is 9.43. The maximum absolute atomic E-state index is 12.5. The topological polar surface area (TPSA) is 17.1 Å². The Morgan fingerprint density at radius 1 is 1.20 bits per heavy atom. The van der Waals surface area contributed by atoms with Gasteiger partial charge in [-0.15, -0.1) is 11.8 Å². The fourth-order valence-corrected chi connectivity index (χ4v) is 5.16. The molecule has 1 aliphatic rings. The van der Waals surface area contributed by atoms with Crippen LogP contribution in [0.2, 0.25) is 0 Å². The molecule has 1 aromatic carbocycles. The van der Waals surface area contributed by atoms with Crippen LogP contribution in [0.25, 0.3) is 0 Å². The third-order valence-electron chi connectivity index (χ3n) is 3.21. The van der Waals surface area contributed by atoms with Gasteiger partial charge in [0, 0.05) is 22.3 Å². The zero-order chi connectivity index (χ0) is 14.8. The van der Waals surface area contributed by atoms with Crippen molar-refractivity contribution in [2.45, 2.75) is 30.0 Å². The van der Waals surface area contributed by atoms with Gasteiger partial charge in [0.2, 0.25) is 0 Å². The number of hydrogen-bond acceptors (Lipinski definition) is 3. The van der Waals surface area contributed by atoms with Crippen LogP contribution in [-0.4, -0.2) is 27.8 Å². The minimum absolute atomic E-state index is 0.0530. The number of Topliss-reactive ketones (excluding diaryl/α,β-unsaturated/α-hetero) is 1. The maximum Gasteiger partial charge on any atom is 0.416 e. The van der Waals surface area contributed by atoms with E-state index in [9.17, 15) is 18.0 Å². The molecule has 110 valence electrons. The highest BCUT2D eigenvalue weighted by Crippen LogP contribution is 2.35. The number of carbonyl (C=O) groups is 1. The van der Waals surface area contributed by atoms with Crippen LogP contribution in [0.4, 0.5) is 13.2 Å². The zero-order valence-electron chi connectivity index (χ0n) is 10.9. The predicted molar refractivity (Wildman–Crippen MR) is 78.6 cm³/mol. The first kappa shape index (κ1) is 15.8. The van der Waals surface area contributed by atoms with Crippen LogP contribution in [0.3, 0.4) is 0 Å². The number of benzene rings is 1. The molecule has 0 radical (unpaired) electrons. The van der Waals surface area contributed by atoms with E-state index in [4.69, 9.17) is 0 Å². The second-order valence-corrected chi connectivity index (χ2v) is 7.14. The summed E-state index contributed by atoms with van der Waals surface area (Å²) in [6, 6.07) is 4.54. The van der Waals surface area contributed by atoms with Crippen LogP contribution in [-0.2, 0) is 6.18 Å². The fraction of sp³-hybridized carbons (Fsp3) is 0.500. The average molecular weight is 320 g/mol. The summed E-state index contributed by atoms with van der Waals surface area (Å²) < 4.78 is 37.5. The van der Waals surface area contributed by atoms with Crippen LogP contribution in [0.15, 0.2) is 24.3 Å². The van der Waals surface area contributed by atoms with Crippen LogP contribution < -0.4 is 0 Å².